The molecule has 1 aliphatic rings. The first-order valence-corrected chi connectivity index (χ1v) is 9.65. The molecule has 2 heterocycles. The van der Waals surface area contributed by atoms with Crippen LogP contribution in [0.15, 0.2) is 21.9 Å². The van der Waals surface area contributed by atoms with Gasteiger partial charge in [-0.1, -0.05) is 0 Å². The second-order valence-electron chi connectivity index (χ2n) is 4.80. The minimum Gasteiger partial charge on any atom is -0.352 e. The first-order valence-electron chi connectivity index (χ1n) is 6.66. The van der Waals surface area contributed by atoms with E-state index < -0.39 is 45.8 Å². The molecule has 24 heavy (non-hydrogen) atoms. The Morgan fingerprint density at radius 1 is 1.33 bits per heavy atom. The fourth-order valence-electron chi connectivity index (χ4n) is 2.03. The Hall–Kier alpha value is -1.10. The molecule has 0 radical (unpaired) electrons. The van der Waals surface area contributed by atoms with Crippen LogP contribution in [-0.2, 0) is 27.2 Å². The molecule has 136 valence electrons. The molecule has 0 bridgehead atoms. The van der Waals surface area contributed by atoms with E-state index in [0.717, 1.165) is 13.2 Å². The van der Waals surface area contributed by atoms with Crippen molar-refractivity contribution in [2.75, 3.05) is 13.7 Å². The number of aromatic amines is 1. The van der Waals surface area contributed by atoms with Crippen LogP contribution in [0.1, 0.15) is 19.1 Å². The van der Waals surface area contributed by atoms with Crippen LogP contribution in [0.5, 0.6) is 0 Å². The maximum absolute atomic E-state index is 11.7. The van der Waals surface area contributed by atoms with Gasteiger partial charge >= 0.3 is 21.3 Å². The average Bonchev–Trinajstić information content (AvgIpc) is 2.93. The third kappa shape index (κ3) is 5.20. The van der Waals surface area contributed by atoms with E-state index in [9.17, 15) is 23.6 Å². The average molecular weight is 386 g/mol. The number of phosphoric ester groups is 2. The maximum atomic E-state index is 11.7. The van der Waals surface area contributed by atoms with Gasteiger partial charge in [0.25, 0.3) is 5.56 Å². The number of ether oxygens (including phenoxy) is 1. The van der Waals surface area contributed by atoms with Crippen LogP contribution < -0.4 is 11.2 Å². The molecule has 1 aromatic heterocycles. The van der Waals surface area contributed by atoms with Crippen LogP contribution in [0.4, 0.5) is 0 Å². The molecule has 0 amide bonds. The number of aromatic nitrogens is 2. The molecule has 0 spiro atoms. The Balaban J connectivity index is 1.92. The SMILES string of the molecule is COP(=O)(O)OP(=O)(O)OCC1CCC(n2ccc(=O)[nH]c2=O)O1. The number of rotatable bonds is 7. The maximum Gasteiger partial charge on any atom is 0.481 e. The number of phosphoric acid groups is 2. The summed E-state index contributed by atoms with van der Waals surface area (Å²) >= 11 is 0. The molecular formula is C10H16N2O10P2. The number of nitrogens with zero attached hydrogens (tertiary/aromatic N) is 1. The van der Waals surface area contributed by atoms with Gasteiger partial charge in [-0.3, -0.25) is 23.4 Å². The lowest BCUT2D eigenvalue weighted by molar-refractivity contribution is -0.0244. The summed E-state index contributed by atoms with van der Waals surface area (Å²) in [7, 11) is -8.68. The molecule has 4 atom stereocenters. The summed E-state index contributed by atoms with van der Waals surface area (Å²) in [6.07, 6.45) is 0.726. The summed E-state index contributed by atoms with van der Waals surface area (Å²) in [5.41, 5.74) is -1.19. The van der Waals surface area contributed by atoms with Crippen molar-refractivity contribution in [3.05, 3.63) is 33.1 Å². The van der Waals surface area contributed by atoms with Gasteiger partial charge in [0.1, 0.15) is 6.23 Å². The number of hydrogen-bond acceptors (Lipinski definition) is 8. The number of H-pyrrole nitrogens is 1. The summed E-state index contributed by atoms with van der Waals surface area (Å²) in [6.45, 7) is -0.411. The highest BCUT2D eigenvalue weighted by Crippen LogP contribution is 2.60. The molecule has 0 aromatic carbocycles. The first kappa shape index (κ1) is 19.2. The minimum absolute atomic E-state index is 0.386. The van der Waals surface area contributed by atoms with E-state index >= 15 is 0 Å². The zero-order valence-electron chi connectivity index (χ0n) is 12.4. The van der Waals surface area contributed by atoms with Crippen molar-refractivity contribution in [2.45, 2.75) is 25.2 Å². The standard InChI is InChI=1S/C10H16N2O10P2/c1-19-23(15,16)22-24(17,18)20-6-7-2-3-9(21-7)12-5-4-8(13)11-10(12)14/h4-5,7,9H,2-3,6H2,1H3,(H,15,16)(H,17,18)(H,11,13,14). The van der Waals surface area contributed by atoms with Gasteiger partial charge in [-0.25, -0.2) is 13.9 Å². The van der Waals surface area contributed by atoms with E-state index in [0.29, 0.717) is 12.8 Å². The van der Waals surface area contributed by atoms with E-state index in [-0.39, 0.29) is 0 Å². The normalized spacial score (nSPS) is 26.0. The lowest BCUT2D eigenvalue weighted by atomic mass is 10.2. The lowest BCUT2D eigenvalue weighted by Gasteiger charge is -2.18. The van der Waals surface area contributed by atoms with Gasteiger partial charge < -0.3 is 14.5 Å². The van der Waals surface area contributed by atoms with Gasteiger partial charge in [-0.05, 0) is 12.8 Å². The highest BCUT2D eigenvalue weighted by molar-refractivity contribution is 7.61. The Labute approximate surface area is 135 Å². The smallest absolute Gasteiger partial charge is 0.352 e. The van der Waals surface area contributed by atoms with E-state index in [2.05, 4.69) is 18.3 Å². The zero-order chi connectivity index (χ0) is 18.0. The van der Waals surface area contributed by atoms with Crippen LogP contribution in [-0.4, -0.2) is 39.2 Å². The van der Waals surface area contributed by atoms with E-state index in [1.54, 1.807) is 0 Å². The molecule has 1 aliphatic heterocycles. The fourth-order valence-corrected chi connectivity index (χ4v) is 3.89. The molecule has 12 nitrogen and oxygen atoms in total. The van der Waals surface area contributed by atoms with Crippen molar-refractivity contribution in [3.63, 3.8) is 0 Å². The third-order valence-electron chi connectivity index (χ3n) is 3.11. The molecule has 4 unspecified atom stereocenters. The monoisotopic (exact) mass is 386 g/mol. The largest absolute Gasteiger partial charge is 0.481 e. The van der Waals surface area contributed by atoms with Crippen molar-refractivity contribution in [2.24, 2.45) is 0 Å². The van der Waals surface area contributed by atoms with Crippen LogP contribution in [0.3, 0.4) is 0 Å². The molecule has 1 aromatic rings. The molecule has 2 rings (SSSR count). The Kier molecular flexibility index (Phi) is 5.95. The Morgan fingerprint density at radius 2 is 2.04 bits per heavy atom. The predicted octanol–water partition coefficient (Wildman–Crippen LogP) is 0.0946. The molecule has 0 aliphatic carbocycles. The van der Waals surface area contributed by atoms with Crippen molar-refractivity contribution < 1.29 is 37.0 Å². The second-order valence-corrected chi connectivity index (χ2v) is 7.96. The minimum atomic E-state index is -4.82. The topological polar surface area (TPSA) is 166 Å². The Morgan fingerprint density at radius 3 is 2.67 bits per heavy atom. The molecule has 3 N–H and O–H groups in total. The summed E-state index contributed by atoms with van der Waals surface area (Å²) in [6, 6.07) is 1.16. The molecule has 14 heteroatoms. The van der Waals surface area contributed by atoms with Gasteiger partial charge in [-0.15, -0.1) is 0 Å². The number of hydrogen-bond donors (Lipinski definition) is 3. The van der Waals surface area contributed by atoms with Crippen molar-refractivity contribution in [3.8, 4) is 0 Å². The van der Waals surface area contributed by atoms with Crippen molar-refractivity contribution in [1.82, 2.24) is 9.55 Å². The second kappa shape index (κ2) is 7.42. The highest BCUT2D eigenvalue weighted by Gasteiger charge is 2.36. The van der Waals surface area contributed by atoms with E-state index in [4.69, 9.17) is 9.63 Å². The van der Waals surface area contributed by atoms with Crippen LogP contribution in [0, 0.1) is 0 Å². The molecular weight excluding hydrogens is 370 g/mol. The van der Waals surface area contributed by atoms with E-state index in [1.165, 1.54) is 10.8 Å². The van der Waals surface area contributed by atoms with E-state index in [1.807, 2.05) is 0 Å². The van der Waals surface area contributed by atoms with Gasteiger partial charge in [0.2, 0.25) is 0 Å². The molecule has 1 fully saturated rings. The van der Waals surface area contributed by atoms with Gasteiger partial charge in [0.15, 0.2) is 0 Å². The van der Waals surface area contributed by atoms with Crippen molar-refractivity contribution in [1.29, 1.82) is 0 Å². The summed E-state index contributed by atoms with van der Waals surface area (Å²) in [4.78, 5) is 43.1. The van der Waals surface area contributed by atoms with Crippen molar-refractivity contribution >= 4 is 15.6 Å². The third-order valence-corrected chi connectivity index (χ3v) is 5.69. The van der Waals surface area contributed by atoms with Gasteiger partial charge in [-0.2, -0.15) is 4.31 Å². The van der Waals surface area contributed by atoms with Crippen LogP contribution >= 0.6 is 15.6 Å². The fraction of sp³-hybridized carbons (Fsp3) is 0.600. The summed E-state index contributed by atoms with van der Waals surface area (Å²) < 4.78 is 41.9. The summed E-state index contributed by atoms with van der Waals surface area (Å²) in [5, 5.41) is 0. The van der Waals surface area contributed by atoms with Crippen LogP contribution in [0.2, 0.25) is 0 Å². The molecule has 1 saturated heterocycles. The molecule has 0 saturated carbocycles. The van der Waals surface area contributed by atoms with Crippen LogP contribution in [0.25, 0.3) is 0 Å². The first-order chi connectivity index (χ1) is 11.1. The Bertz CT molecular complexity index is 788. The van der Waals surface area contributed by atoms with Gasteiger partial charge in [0.05, 0.1) is 12.7 Å². The highest BCUT2D eigenvalue weighted by atomic mass is 31.3. The predicted molar refractivity (Wildman–Crippen MR) is 78.2 cm³/mol. The summed E-state index contributed by atoms with van der Waals surface area (Å²) in [5.74, 6) is 0. The lowest BCUT2D eigenvalue weighted by Crippen LogP contribution is -2.31. The zero-order valence-corrected chi connectivity index (χ0v) is 14.2. The van der Waals surface area contributed by atoms with Gasteiger partial charge in [0, 0.05) is 19.4 Å². The quantitative estimate of drug-likeness (QED) is 0.547. The number of nitrogens with one attached hydrogen (secondary N) is 1.